The molecule has 2 atom stereocenters. The summed E-state index contributed by atoms with van der Waals surface area (Å²) in [6.07, 6.45) is 4.48. The Bertz CT molecular complexity index is 123. The summed E-state index contributed by atoms with van der Waals surface area (Å²) < 4.78 is 0. The molecule has 0 heterocycles. The average Bonchev–Trinajstić information content (AvgIpc) is 1.86. The van der Waals surface area contributed by atoms with Crippen molar-refractivity contribution in [3.63, 3.8) is 0 Å². The van der Waals surface area contributed by atoms with Gasteiger partial charge in [-0.1, -0.05) is 12.8 Å². The first-order chi connectivity index (χ1) is 4.06. The lowest BCUT2D eigenvalue weighted by molar-refractivity contribution is -0.0238. The zero-order valence-corrected chi connectivity index (χ0v) is 5.76. The maximum Gasteiger partial charge on any atom is 0.150 e. The number of terminal acetylenes is 1. The van der Waals surface area contributed by atoms with E-state index in [0.717, 1.165) is 0 Å². The fraction of sp³-hybridized carbons (Fsp3) is 0.714. The van der Waals surface area contributed by atoms with E-state index in [0.29, 0.717) is 6.42 Å². The van der Waals surface area contributed by atoms with Gasteiger partial charge in [0, 0.05) is 0 Å². The SMILES string of the molecule is C#CC(O)(CC)C(C)O. The molecule has 52 valence electrons. The fourth-order valence-corrected chi connectivity index (χ4v) is 0.518. The van der Waals surface area contributed by atoms with Crippen molar-refractivity contribution in [1.29, 1.82) is 0 Å². The molecular formula is C7H12O2. The highest BCUT2D eigenvalue weighted by Crippen LogP contribution is 2.12. The Balaban J connectivity index is 4.14. The van der Waals surface area contributed by atoms with Crippen molar-refractivity contribution >= 4 is 0 Å². The van der Waals surface area contributed by atoms with Crippen molar-refractivity contribution in [2.45, 2.75) is 32.0 Å². The molecule has 2 unspecified atom stereocenters. The van der Waals surface area contributed by atoms with Gasteiger partial charge in [0.25, 0.3) is 0 Å². The third-order valence-electron chi connectivity index (χ3n) is 1.48. The van der Waals surface area contributed by atoms with Gasteiger partial charge in [-0.2, -0.15) is 0 Å². The van der Waals surface area contributed by atoms with Gasteiger partial charge in [-0.15, -0.1) is 6.42 Å². The molecule has 0 aliphatic rings. The van der Waals surface area contributed by atoms with Crippen molar-refractivity contribution < 1.29 is 10.2 Å². The summed E-state index contributed by atoms with van der Waals surface area (Å²) in [6.45, 7) is 3.20. The van der Waals surface area contributed by atoms with Crippen LogP contribution in [0.5, 0.6) is 0 Å². The summed E-state index contributed by atoms with van der Waals surface area (Å²) in [6, 6.07) is 0. The normalized spacial score (nSPS) is 19.9. The smallest absolute Gasteiger partial charge is 0.150 e. The summed E-state index contributed by atoms with van der Waals surface area (Å²) in [5, 5.41) is 18.1. The highest BCUT2D eigenvalue weighted by Gasteiger charge is 2.27. The van der Waals surface area contributed by atoms with Gasteiger partial charge < -0.3 is 10.2 Å². The molecule has 0 saturated carbocycles. The molecule has 0 saturated heterocycles. The minimum Gasteiger partial charge on any atom is -0.389 e. The Morgan fingerprint density at radius 1 is 1.78 bits per heavy atom. The van der Waals surface area contributed by atoms with Gasteiger partial charge in [-0.05, 0) is 13.3 Å². The van der Waals surface area contributed by atoms with E-state index < -0.39 is 11.7 Å². The lowest BCUT2D eigenvalue weighted by Gasteiger charge is -2.22. The lowest BCUT2D eigenvalue weighted by atomic mass is 9.96. The zero-order chi connectivity index (χ0) is 7.49. The van der Waals surface area contributed by atoms with Crippen LogP contribution in [0.4, 0.5) is 0 Å². The van der Waals surface area contributed by atoms with E-state index in [9.17, 15) is 5.11 Å². The zero-order valence-electron chi connectivity index (χ0n) is 5.76. The van der Waals surface area contributed by atoms with Crippen LogP contribution in [-0.2, 0) is 0 Å². The third-order valence-corrected chi connectivity index (χ3v) is 1.48. The second-order valence-electron chi connectivity index (χ2n) is 2.10. The first-order valence-corrected chi connectivity index (χ1v) is 2.95. The van der Waals surface area contributed by atoms with Crippen molar-refractivity contribution in [2.24, 2.45) is 0 Å². The van der Waals surface area contributed by atoms with E-state index in [-0.39, 0.29) is 0 Å². The number of rotatable bonds is 2. The lowest BCUT2D eigenvalue weighted by Crippen LogP contribution is -2.37. The summed E-state index contributed by atoms with van der Waals surface area (Å²) in [5.74, 6) is 2.13. The van der Waals surface area contributed by atoms with Gasteiger partial charge in [-0.3, -0.25) is 0 Å². The van der Waals surface area contributed by atoms with Gasteiger partial charge in [0.05, 0.1) is 6.10 Å². The maximum absolute atomic E-state index is 9.22. The fourth-order valence-electron chi connectivity index (χ4n) is 0.518. The van der Waals surface area contributed by atoms with Crippen LogP contribution in [-0.4, -0.2) is 21.9 Å². The van der Waals surface area contributed by atoms with Gasteiger partial charge in [0.2, 0.25) is 0 Å². The molecule has 0 bridgehead atoms. The molecule has 0 spiro atoms. The quantitative estimate of drug-likeness (QED) is 0.519. The van der Waals surface area contributed by atoms with Crippen LogP contribution in [0, 0.1) is 12.3 Å². The Morgan fingerprint density at radius 3 is 2.22 bits per heavy atom. The summed E-state index contributed by atoms with van der Waals surface area (Å²) in [7, 11) is 0. The summed E-state index contributed by atoms with van der Waals surface area (Å²) in [5.41, 5.74) is -1.33. The van der Waals surface area contributed by atoms with Crippen LogP contribution in [0.1, 0.15) is 20.3 Å². The highest BCUT2D eigenvalue weighted by molar-refractivity contribution is 5.09. The third kappa shape index (κ3) is 1.70. The van der Waals surface area contributed by atoms with E-state index in [4.69, 9.17) is 11.5 Å². The predicted molar refractivity (Wildman–Crippen MR) is 35.8 cm³/mol. The second kappa shape index (κ2) is 2.86. The number of aliphatic hydroxyl groups is 2. The molecule has 0 radical (unpaired) electrons. The molecule has 0 rings (SSSR count). The van der Waals surface area contributed by atoms with E-state index in [1.807, 2.05) is 0 Å². The number of hydrogen-bond acceptors (Lipinski definition) is 2. The molecule has 0 fully saturated rings. The number of aliphatic hydroxyl groups excluding tert-OH is 1. The second-order valence-corrected chi connectivity index (χ2v) is 2.10. The minimum absolute atomic E-state index is 0.376. The van der Waals surface area contributed by atoms with Crippen molar-refractivity contribution in [3.8, 4) is 12.3 Å². The van der Waals surface area contributed by atoms with Gasteiger partial charge >= 0.3 is 0 Å². The molecule has 2 heteroatoms. The molecule has 2 nitrogen and oxygen atoms in total. The van der Waals surface area contributed by atoms with Crippen LogP contribution < -0.4 is 0 Å². The van der Waals surface area contributed by atoms with Crippen LogP contribution in [0.3, 0.4) is 0 Å². The topological polar surface area (TPSA) is 40.5 Å². The maximum atomic E-state index is 9.22. The van der Waals surface area contributed by atoms with E-state index in [1.165, 1.54) is 6.92 Å². The molecule has 0 aromatic heterocycles. The molecule has 0 aromatic rings. The molecule has 0 aromatic carbocycles. The van der Waals surface area contributed by atoms with Crippen LogP contribution in [0.2, 0.25) is 0 Å². The Kier molecular flexibility index (Phi) is 2.69. The predicted octanol–water partition coefficient (Wildman–Crippen LogP) is 0.142. The largest absolute Gasteiger partial charge is 0.389 e. The average molecular weight is 128 g/mol. The summed E-state index contributed by atoms with van der Waals surface area (Å²) in [4.78, 5) is 0. The molecule has 0 amide bonds. The minimum atomic E-state index is -1.33. The Labute approximate surface area is 55.5 Å². The Morgan fingerprint density at radius 2 is 2.22 bits per heavy atom. The van der Waals surface area contributed by atoms with Crippen molar-refractivity contribution in [3.05, 3.63) is 0 Å². The molecular weight excluding hydrogens is 116 g/mol. The van der Waals surface area contributed by atoms with Gasteiger partial charge in [0.15, 0.2) is 0 Å². The monoisotopic (exact) mass is 128 g/mol. The molecule has 2 N–H and O–H groups in total. The van der Waals surface area contributed by atoms with Gasteiger partial charge in [-0.25, -0.2) is 0 Å². The van der Waals surface area contributed by atoms with Crippen LogP contribution >= 0.6 is 0 Å². The highest BCUT2D eigenvalue weighted by atomic mass is 16.3. The van der Waals surface area contributed by atoms with E-state index in [1.54, 1.807) is 6.92 Å². The summed E-state index contributed by atoms with van der Waals surface area (Å²) >= 11 is 0. The molecule has 9 heavy (non-hydrogen) atoms. The van der Waals surface area contributed by atoms with Crippen LogP contribution in [0.25, 0.3) is 0 Å². The standard InChI is InChI=1S/C7H12O2/c1-4-7(9,5-2)6(3)8/h1,6,8-9H,5H2,2-3H3. The van der Waals surface area contributed by atoms with Crippen LogP contribution in [0.15, 0.2) is 0 Å². The van der Waals surface area contributed by atoms with Crippen molar-refractivity contribution in [2.75, 3.05) is 0 Å². The molecule has 0 aliphatic carbocycles. The Hall–Kier alpha value is -0.520. The van der Waals surface area contributed by atoms with Crippen molar-refractivity contribution in [1.82, 2.24) is 0 Å². The number of hydrogen-bond donors (Lipinski definition) is 2. The first kappa shape index (κ1) is 8.48. The molecule has 0 aliphatic heterocycles. The van der Waals surface area contributed by atoms with Gasteiger partial charge in [0.1, 0.15) is 5.60 Å². The van der Waals surface area contributed by atoms with E-state index in [2.05, 4.69) is 5.92 Å². The first-order valence-electron chi connectivity index (χ1n) is 2.95. The van der Waals surface area contributed by atoms with E-state index >= 15 is 0 Å².